The predicted molar refractivity (Wildman–Crippen MR) is 68.0 cm³/mol. The third-order valence-electron chi connectivity index (χ3n) is 2.66. The number of aromatic nitrogens is 1. The summed E-state index contributed by atoms with van der Waals surface area (Å²) in [6, 6.07) is 5.41. The van der Waals surface area contributed by atoms with Crippen molar-refractivity contribution in [2.45, 2.75) is 12.8 Å². The summed E-state index contributed by atoms with van der Waals surface area (Å²) >= 11 is 5.88. The average Bonchev–Trinajstić information content (AvgIpc) is 2.38. The molecule has 0 fully saturated rings. The second-order valence-electron chi connectivity index (χ2n) is 4.07. The Bertz CT molecular complexity index is 616. The first-order valence-electron chi connectivity index (χ1n) is 5.61. The number of Topliss-reactive ketones (excluding diaryl/α,β-unsaturated/α-hetero) is 1. The van der Waals surface area contributed by atoms with E-state index in [1.807, 2.05) is 0 Å². The van der Waals surface area contributed by atoms with Gasteiger partial charge in [0.1, 0.15) is 5.78 Å². The number of hydrogen-bond donors (Lipinski definition) is 0. The van der Waals surface area contributed by atoms with Crippen LogP contribution in [-0.2, 0) is 17.6 Å². The van der Waals surface area contributed by atoms with Crippen LogP contribution in [0.3, 0.4) is 0 Å². The van der Waals surface area contributed by atoms with Crippen LogP contribution in [0, 0.1) is 11.6 Å². The quantitative estimate of drug-likeness (QED) is 0.860. The highest BCUT2D eigenvalue weighted by Crippen LogP contribution is 2.17. The highest BCUT2D eigenvalue weighted by molar-refractivity contribution is 6.31. The lowest BCUT2D eigenvalue weighted by molar-refractivity contribution is -0.117. The van der Waals surface area contributed by atoms with E-state index in [1.54, 1.807) is 6.07 Å². The number of halogens is 3. The van der Waals surface area contributed by atoms with Gasteiger partial charge in [-0.15, -0.1) is 0 Å². The molecule has 1 heterocycles. The zero-order chi connectivity index (χ0) is 13.8. The first kappa shape index (κ1) is 13.6. The molecule has 2 aromatic rings. The molecule has 98 valence electrons. The van der Waals surface area contributed by atoms with E-state index in [-0.39, 0.29) is 24.2 Å². The zero-order valence-electron chi connectivity index (χ0n) is 9.87. The van der Waals surface area contributed by atoms with Gasteiger partial charge in [0.05, 0.1) is 5.02 Å². The van der Waals surface area contributed by atoms with Crippen molar-refractivity contribution in [2.75, 3.05) is 0 Å². The summed E-state index contributed by atoms with van der Waals surface area (Å²) in [5.74, 6) is -2.17. The van der Waals surface area contributed by atoms with Gasteiger partial charge < -0.3 is 0 Å². The first-order valence-corrected chi connectivity index (χ1v) is 5.98. The number of carbonyl (C=O) groups is 1. The highest BCUT2D eigenvalue weighted by atomic mass is 35.5. The summed E-state index contributed by atoms with van der Waals surface area (Å²) in [7, 11) is 0. The van der Waals surface area contributed by atoms with Crippen LogP contribution in [0.4, 0.5) is 8.78 Å². The van der Waals surface area contributed by atoms with Gasteiger partial charge in [-0.25, -0.2) is 8.78 Å². The lowest BCUT2D eigenvalue weighted by Gasteiger charge is -2.05. The summed E-state index contributed by atoms with van der Waals surface area (Å²) in [6.45, 7) is 0. The average molecular weight is 282 g/mol. The number of hydrogen-bond acceptors (Lipinski definition) is 2. The van der Waals surface area contributed by atoms with Crippen LogP contribution in [-0.4, -0.2) is 10.8 Å². The van der Waals surface area contributed by atoms with Crippen molar-refractivity contribution in [1.82, 2.24) is 4.98 Å². The molecule has 1 aromatic heterocycles. The first-order chi connectivity index (χ1) is 9.08. The van der Waals surface area contributed by atoms with Gasteiger partial charge in [-0.3, -0.25) is 9.78 Å². The molecule has 0 amide bonds. The van der Waals surface area contributed by atoms with Crippen molar-refractivity contribution in [2.24, 2.45) is 0 Å². The van der Waals surface area contributed by atoms with Crippen LogP contribution in [0.2, 0.25) is 5.02 Å². The van der Waals surface area contributed by atoms with Gasteiger partial charge in [-0.1, -0.05) is 23.7 Å². The van der Waals surface area contributed by atoms with E-state index in [1.165, 1.54) is 24.5 Å². The van der Waals surface area contributed by atoms with Crippen LogP contribution in [0.15, 0.2) is 36.7 Å². The van der Waals surface area contributed by atoms with E-state index < -0.39 is 11.6 Å². The minimum atomic E-state index is -0.975. The minimum Gasteiger partial charge on any atom is -0.299 e. The SMILES string of the molecule is O=C(Cc1ccncc1Cl)Cc1cccc(F)c1F. The molecule has 0 aliphatic rings. The molecule has 0 atom stereocenters. The molecule has 0 spiro atoms. The molecule has 0 unspecified atom stereocenters. The van der Waals surface area contributed by atoms with Crippen molar-refractivity contribution in [1.29, 1.82) is 0 Å². The minimum absolute atomic E-state index is 0.0511. The summed E-state index contributed by atoms with van der Waals surface area (Å²) in [5.41, 5.74) is 0.675. The second kappa shape index (κ2) is 5.89. The standard InChI is InChI=1S/C14H10ClF2NO/c15-12-8-18-5-4-9(12)6-11(19)7-10-2-1-3-13(16)14(10)17/h1-5,8H,6-7H2. The molecule has 0 saturated heterocycles. The predicted octanol–water partition coefficient (Wildman–Crippen LogP) is 3.37. The normalized spacial score (nSPS) is 10.5. The van der Waals surface area contributed by atoms with Gasteiger partial charge in [0.2, 0.25) is 0 Å². The van der Waals surface area contributed by atoms with Gasteiger partial charge in [0, 0.05) is 25.2 Å². The smallest absolute Gasteiger partial charge is 0.162 e. The Labute approximate surface area is 114 Å². The number of ketones is 1. The monoisotopic (exact) mass is 281 g/mol. The summed E-state index contributed by atoms with van der Waals surface area (Å²) in [5, 5.41) is 0.385. The molecule has 0 radical (unpaired) electrons. The zero-order valence-corrected chi connectivity index (χ0v) is 10.6. The fourth-order valence-corrected chi connectivity index (χ4v) is 1.91. The molecule has 1 aromatic carbocycles. The molecule has 19 heavy (non-hydrogen) atoms. The number of carbonyl (C=O) groups excluding carboxylic acids is 1. The van der Waals surface area contributed by atoms with Gasteiger partial charge in [-0.2, -0.15) is 0 Å². The summed E-state index contributed by atoms with van der Waals surface area (Å²) < 4.78 is 26.4. The lowest BCUT2D eigenvalue weighted by Crippen LogP contribution is -2.09. The van der Waals surface area contributed by atoms with Crippen molar-refractivity contribution < 1.29 is 13.6 Å². The molecule has 0 aliphatic carbocycles. The van der Waals surface area contributed by atoms with Gasteiger partial charge in [0.15, 0.2) is 11.6 Å². The maximum Gasteiger partial charge on any atom is 0.162 e. The van der Waals surface area contributed by atoms with Crippen LogP contribution >= 0.6 is 11.6 Å². The van der Waals surface area contributed by atoms with Gasteiger partial charge >= 0.3 is 0 Å². The molecule has 0 bridgehead atoms. The van der Waals surface area contributed by atoms with Crippen LogP contribution in [0.25, 0.3) is 0 Å². The third-order valence-corrected chi connectivity index (χ3v) is 3.00. The highest BCUT2D eigenvalue weighted by Gasteiger charge is 2.13. The fraction of sp³-hybridized carbons (Fsp3) is 0.143. The van der Waals surface area contributed by atoms with Crippen molar-refractivity contribution in [3.05, 3.63) is 64.4 Å². The maximum absolute atomic E-state index is 13.4. The molecular weight excluding hydrogens is 272 g/mol. The molecule has 0 N–H and O–H groups in total. The summed E-state index contributed by atoms with van der Waals surface area (Å²) in [6.07, 6.45) is 2.86. The molecule has 2 rings (SSSR count). The van der Waals surface area contributed by atoms with E-state index in [4.69, 9.17) is 11.6 Å². The van der Waals surface area contributed by atoms with E-state index in [0.717, 1.165) is 6.07 Å². The Morgan fingerprint density at radius 2 is 1.89 bits per heavy atom. The van der Waals surface area contributed by atoms with Crippen molar-refractivity contribution >= 4 is 17.4 Å². The molecule has 5 heteroatoms. The Balaban J connectivity index is 2.10. The fourth-order valence-electron chi connectivity index (χ4n) is 1.72. The van der Waals surface area contributed by atoms with E-state index >= 15 is 0 Å². The Hall–Kier alpha value is -1.81. The lowest BCUT2D eigenvalue weighted by atomic mass is 10.0. The van der Waals surface area contributed by atoms with E-state index in [9.17, 15) is 13.6 Å². The largest absolute Gasteiger partial charge is 0.299 e. The Kier molecular flexibility index (Phi) is 4.22. The number of pyridine rings is 1. The van der Waals surface area contributed by atoms with E-state index in [0.29, 0.717) is 10.6 Å². The van der Waals surface area contributed by atoms with Crippen LogP contribution in [0.5, 0.6) is 0 Å². The second-order valence-corrected chi connectivity index (χ2v) is 4.48. The van der Waals surface area contributed by atoms with Crippen LogP contribution in [0.1, 0.15) is 11.1 Å². The number of benzene rings is 1. The van der Waals surface area contributed by atoms with Crippen molar-refractivity contribution in [3.63, 3.8) is 0 Å². The number of nitrogens with zero attached hydrogens (tertiary/aromatic N) is 1. The van der Waals surface area contributed by atoms with Crippen LogP contribution < -0.4 is 0 Å². The van der Waals surface area contributed by atoms with Gasteiger partial charge in [-0.05, 0) is 23.3 Å². The number of rotatable bonds is 4. The maximum atomic E-state index is 13.4. The van der Waals surface area contributed by atoms with Gasteiger partial charge in [0.25, 0.3) is 0 Å². The van der Waals surface area contributed by atoms with E-state index in [2.05, 4.69) is 4.98 Å². The Morgan fingerprint density at radius 1 is 1.16 bits per heavy atom. The topological polar surface area (TPSA) is 30.0 Å². The summed E-state index contributed by atoms with van der Waals surface area (Å²) in [4.78, 5) is 15.6. The third kappa shape index (κ3) is 3.35. The van der Waals surface area contributed by atoms with Crippen molar-refractivity contribution in [3.8, 4) is 0 Å². The Morgan fingerprint density at radius 3 is 2.63 bits per heavy atom. The molecule has 2 nitrogen and oxygen atoms in total. The molecule has 0 aliphatic heterocycles. The molecule has 0 saturated carbocycles. The molecular formula is C14H10ClF2NO.